The minimum Gasteiger partial charge on any atom is -0.469 e. The van der Waals surface area contributed by atoms with Crippen LogP contribution in [0.2, 0.25) is 0 Å². The summed E-state index contributed by atoms with van der Waals surface area (Å²) in [6, 6.07) is 7.13. The zero-order chi connectivity index (χ0) is 13.8. The van der Waals surface area contributed by atoms with E-state index in [1.165, 1.54) is 14.0 Å². The van der Waals surface area contributed by atoms with E-state index in [1.807, 2.05) is 6.07 Å². The van der Waals surface area contributed by atoms with Crippen molar-refractivity contribution in [1.29, 1.82) is 0 Å². The lowest BCUT2D eigenvalue weighted by atomic mass is 10.2. The fourth-order valence-corrected chi connectivity index (χ4v) is 3.39. The van der Waals surface area contributed by atoms with E-state index in [9.17, 15) is 13.2 Å². The molecule has 0 aliphatic rings. The molecule has 1 aromatic rings. The number of esters is 1. The first-order chi connectivity index (χ1) is 8.36. The second kappa shape index (κ2) is 6.33. The van der Waals surface area contributed by atoms with Crippen LogP contribution in [0.4, 0.5) is 0 Å². The molecular formula is C12H15BrO4S. The van der Waals surface area contributed by atoms with Crippen LogP contribution in [-0.4, -0.2) is 26.7 Å². The molecule has 18 heavy (non-hydrogen) atoms. The molecule has 0 spiro atoms. The average molecular weight is 335 g/mol. The molecule has 1 aromatic carbocycles. The summed E-state index contributed by atoms with van der Waals surface area (Å²) in [5, 5.41) is -0.753. The van der Waals surface area contributed by atoms with Crippen molar-refractivity contribution in [3.8, 4) is 0 Å². The number of methoxy groups -OCH3 is 1. The third-order valence-electron chi connectivity index (χ3n) is 2.61. The Bertz CT molecular complexity index is 525. The van der Waals surface area contributed by atoms with E-state index in [0.717, 1.165) is 4.47 Å². The van der Waals surface area contributed by atoms with Crippen LogP contribution in [0.25, 0.3) is 0 Å². The van der Waals surface area contributed by atoms with Gasteiger partial charge >= 0.3 is 5.97 Å². The lowest BCUT2D eigenvalue weighted by molar-refractivity contribution is -0.140. The Balaban J connectivity index is 2.82. The molecule has 0 saturated heterocycles. The zero-order valence-corrected chi connectivity index (χ0v) is 12.6. The molecule has 100 valence electrons. The third kappa shape index (κ3) is 4.10. The van der Waals surface area contributed by atoms with Crippen molar-refractivity contribution in [3.63, 3.8) is 0 Å². The van der Waals surface area contributed by atoms with Crippen LogP contribution < -0.4 is 0 Å². The summed E-state index contributed by atoms with van der Waals surface area (Å²) >= 11 is 3.31. The van der Waals surface area contributed by atoms with Crippen LogP contribution in [0.15, 0.2) is 28.7 Å². The fourth-order valence-electron chi connectivity index (χ4n) is 1.42. The van der Waals surface area contributed by atoms with Gasteiger partial charge in [-0.25, -0.2) is 8.42 Å². The molecule has 0 aliphatic carbocycles. The SMILES string of the molecule is COC(=O)CC(C)S(=O)(=O)Cc1ccccc1Br. The summed E-state index contributed by atoms with van der Waals surface area (Å²) in [7, 11) is -2.13. The van der Waals surface area contributed by atoms with Crippen molar-refractivity contribution >= 4 is 31.7 Å². The molecule has 0 N–H and O–H groups in total. The van der Waals surface area contributed by atoms with Crippen LogP contribution in [0.5, 0.6) is 0 Å². The minimum absolute atomic E-state index is 0.0907. The maximum atomic E-state index is 12.1. The van der Waals surface area contributed by atoms with E-state index >= 15 is 0 Å². The lowest BCUT2D eigenvalue weighted by Crippen LogP contribution is -2.23. The maximum absolute atomic E-state index is 12.1. The molecule has 0 saturated carbocycles. The summed E-state index contributed by atoms with van der Waals surface area (Å²) in [6.45, 7) is 1.52. The van der Waals surface area contributed by atoms with Gasteiger partial charge in [0.15, 0.2) is 9.84 Å². The van der Waals surface area contributed by atoms with E-state index in [-0.39, 0.29) is 12.2 Å². The summed E-state index contributed by atoms with van der Waals surface area (Å²) in [4.78, 5) is 11.1. The standard InChI is InChI=1S/C12H15BrO4S/c1-9(7-12(14)17-2)18(15,16)8-10-5-3-4-6-11(10)13/h3-6,9H,7-8H2,1-2H3. The quantitative estimate of drug-likeness (QED) is 0.775. The molecule has 0 fully saturated rings. The van der Waals surface area contributed by atoms with Crippen LogP contribution in [-0.2, 0) is 25.1 Å². The Kier molecular flexibility index (Phi) is 5.34. The van der Waals surface area contributed by atoms with Crippen LogP contribution in [0.1, 0.15) is 18.9 Å². The van der Waals surface area contributed by atoms with Crippen LogP contribution in [0, 0.1) is 0 Å². The highest BCUT2D eigenvalue weighted by atomic mass is 79.9. The molecule has 4 nitrogen and oxygen atoms in total. The molecule has 0 amide bonds. The first-order valence-corrected chi connectivity index (χ1v) is 7.89. The number of sulfone groups is 1. The van der Waals surface area contributed by atoms with Crippen molar-refractivity contribution in [3.05, 3.63) is 34.3 Å². The van der Waals surface area contributed by atoms with Crippen molar-refractivity contribution in [2.45, 2.75) is 24.3 Å². The van der Waals surface area contributed by atoms with Gasteiger partial charge in [-0.3, -0.25) is 4.79 Å². The largest absolute Gasteiger partial charge is 0.469 e. The normalized spacial score (nSPS) is 13.1. The highest BCUT2D eigenvalue weighted by Gasteiger charge is 2.24. The Hall–Kier alpha value is -0.880. The van der Waals surface area contributed by atoms with Gasteiger partial charge in [0.2, 0.25) is 0 Å². The summed E-state index contributed by atoms with van der Waals surface area (Å²) in [5.74, 6) is -0.606. The predicted octanol–water partition coefficient (Wildman–Crippen LogP) is 2.32. The highest BCUT2D eigenvalue weighted by Crippen LogP contribution is 2.21. The van der Waals surface area contributed by atoms with Gasteiger partial charge < -0.3 is 4.74 Å². The van der Waals surface area contributed by atoms with Gasteiger partial charge in [0, 0.05) is 4.47 Å². The number of hydrogen-bond acceptors (Lipinski definition) is 4. The minimum atomic E-state index is -3.37. The summed E-state index contributed by atoms with van der Waals surface area (Å²) < 4.78 is 29.4. The molecule has 0 aromatic heterocycles. The summed E-state index contributed by atoms with van der Waals surface area (Å²) in [5.41, 5.74) is 0.689. The highest BCUT2D eigenvalue weighted by molar-refractivity contribution is 9.10. The van der Waals surface area contributed by atoms with Crippen molar-refractivity contribution in [1.82, 2.24) is 0 Å². The molecule has 0 aliphatic heterocycles. The predicted molar refractivity (Wildman–Crippen MR) is 72.9 cm³/mol. The molecule has 1 rings (SSSR count). The number of halogens is 1. The van der Waals surface area contributed by atoms with Gasteiger partial charge in [-0.15, -0.1) is 0 Å². The second-order valence-electron chi connectivity index (χ2n) is 3.99. The first-order valence-electron chi connectivity index (χ1n) is 5.38. The van der Waals surface area contributed by atoms with Gasteiger partial charge in [-0.1, -0.05) is 34.1 Å². The zero-order valence-electron chi connectivity index (χ0n) is 10.2. The topological polar surface area (TPSA) is 60.4 Å². The Morgan fingerprint density at radius 2 is 2.00 bits per heavy atom. The first kappa shape index (κ1) is 15.2. The van der Waals surface area contributed by atoms with Crippen molar-refractivity contribution in [2.75, 3.05) is 7.11 Å². The molecule has 0 radical (unpaired) electrons. The molecule has 0 bridgehead atoms. The van der Waals surface area contributed by atoms with E-state index in [2.05, 4.69) is 20.7 Å². The summed E-state index contributed by atoms with van der Waals surface area (Å²) in [6.07, 6.45) is -0.122. The number of carbonyl (C=O) groups excluding carboxylic acids is 1. The van der Waals surface area contributed by atoms with Crippen LogP contribution in [0.3, 0.4) is 0 Å². The maximum Gasteiger partial charge on any atom is 0.306 e. The molecule has 1 unspecified atom stereocenters. The lowest BCUT2D eigenvalue weighted by Gasteiger charge is -2.12. The Morgan fingerprint density at radius 3 is 2.56 bits per heavy atom. The van der Waals surface area contributed by atoms with Gasteiger partial charge in [0.05, 0.1) is 24.5 Å². The molecule has 0 heterocycles. The number of benzene rings is 1. The fraction of sp³-hybridized carbons (Fsp3) is 0.417. The molecule has 6 heteroatoms. The van der Waals surface area contributed by atoms with Gasteiger partial charge in [-0.2, -0.15) is 0 Å². The molecular weight excluding hydrogens is 320 g/mol. The van der Waals surface area contributed by atoms with E-state index in [4.69, 9.17) is 0 Å². The van der Waals surface area contributed by atoms with E-state index < -0.39 is 21.1 Å². The Morgan fingerprint density at radius 1 is 1.39 bits per heavy atom. The van der Waals surface area contributed by atoms with Crippen molar-refractivity contribution in [2.24, 2.45) is 0 Å². The molecule has 1 atom stereocenters. The number of ether oxygens (including phenoxy) is 1. The monoisotopic (exact) mass is 334 g/mol. The average Bonchev–Trinajstić information content (AvgIpc) is 2.31. The van der Waals surface area contributed by atoms with E-state index in [1.54, 1.807) is 18.2 Å². The number of hydrogen-bond donors (Lipinski definition) is 0. The second-order valence-corrected chi connectivity index (χ2v) is 7.26. The van der Waals surface area contributed by atoms with Gasteiger partial charge in [0.1, 0.15) is 0 Å². The Labute approximate surface area is 115 Å². The smallest absolute Gasteiger partial charge is 0.306 e. The van der Waals surface area contributed by atoms with Gasteiger partial charge in [-0.05, 0) is 18.6 Å². The third-order valence-corrected chi connectivity index (χ3v) is 5.49. The van der Waals surface area contributed by atoms with Crippen molar-refractivity contribution < 1.29 is 17.9 Å². The number of carbonyl (C=O) groups is 1. The van der Waals surface area contributed by atoms with Gasteiger partial charge in [0.25, 0.3) is 0 Å². The van der Waals surface area contributed by atoms with E-state index in [0.29, 0.717) is 5.56 Å². The van der Waals surface area contributed by atoms with Crippen LogP contribution >= 0.6 is 15.9 Å². The number of rotatable bonds is 5.